The summed E-state index contributed by atoms with van der Waals surface area (Å²) in [7, 11) is 0. The Hall–Kier alpha value is -2.43. The Bertz CT molecular complexity index is 888. The second-order valence-corrected chi connectivity index (χ2v) is 5.86. The highest BCUT2D eigenvalue weighted by molar-refractivity contribution is 6.57. The first-order valence-electron chi connectivity index (χ1n) is 7.32. The third-order valence-corrected chi connectivity index (χ3v) is 4.54. The van der Waals surface area contributed by atoms with E-state index in [4.69, 9.17) is 0 Å². The molecule has 2 nitrogen and oxygen atoms in total. The van der Waals surface area contributed by atoms with Crippen LogP contribution < -0.4 is 0 Å². The molecular formula is C17H15BF2N2. The van der Waals surface area contributed by atoms with Crippen molar-refractivity contribution in [3.05, 3.63) is 76.8 Å². The lowest BCUT2D eigenvalue weighted by Crippen LogP contribution is -2.49. The third-order valence-electron chi connectivity index (χ3n) is 4.54. The van der Waals surface area contributed by atoms with E-state index in [2.05, 4.69) is 6.07 Å². The molecule has 3 heterocycles. The number of halogens is 2. The fraction of sp³-hybridized carbons (Fsp3) is 0.118. The molecule has 0 saturated heterocycles. The second-order valence-electron chi connectivity index (χ2n) is 5.86. The van der Waals surface area contributed by atoms with Crippen LogP contribution in [0.15, 0.2) is 54.4 Å². The first-order chi connectivity index (χ1) is 10.5. The summed E-state index contributed by atoms with van der Waals surface area (Å²) in [6.07, 6.45) is 6.35. The van der Waals surface area contributed by atoms with Gasteiger partial charge >= 0.3 is 6.97 Å². The van der Waals surface area contributed by atoms with E-state index >= 15 is 0 Å². The number of allylic oxidation sites excluding steroid dienone is 2. The fourth-order valence-corrected chi connectivity index (χ4v) is 3.21. The van der Waals surface area contributed by atoms with Gasteiger partial charge in [0.25, 0.3) is 0 Å². The van der Waals surface area contributed by atoms with Crippen LogP contribution in [0.5, 0.6) is 0 Å². The van der Waals surface area contributed by atoms with Crippen molar-refractivity contribution in [1.82, 2.24) is 4.48 Å². The van der Waals surface area contributed by atoms with Gasteiger partial charge in [-0.1, -0.05) is 18.2 Å². The molecule has 0 atom stereocenters. The maximum Gasteiger partial charge on any atom is 0.737 e. The summed E-state index contributed by atoms with van der Waals surface area (Å²) in [6.45, 7) is 0.273. The van der Waals surface area contributed by atoms with Gasteiger partial charge in [0.05, 0.1) is 5.57 Å². The van der Waals surface area contributed by atoms with Crippen LogP contribution in [0, 0.1) is 13.8 Å². The van der Waals surface area contributed by atoms with Crippen molar-refractivity contribution in [2.24, 2.45) is 0 Å². The standard InChI is InChI=1S/C17H15BF2N2/c1-12-7-8-14(11-13(12)2)17-15-5-3-9-21(15)18(19,20)22-10-4-6-16(17)22/h3-11H,1-2H3. The van der Waals surface area contributed by atoms with E-state index in [9.17, 15) is 8.63 Å². The highest BCUT2D eigenvalue weighted by Crippen LogP contribution is 2.38. The van der Waals surface area contributed by atoms with Crippen LogP contribution in [-0.4, -0.2) is 22.1 Å². The number of rotatable bonds is 1. The average Bonchev–Trinajstić information content (AvgIpc) is 3.12. The first kappa shape index (κ1) is 13.3. The quantitative estimate of drug-likeness (QED) is 0.708. The van der Waals surface area contributed by atoms with Crippen molar-refractivity contribution in [1.29, 1.82) is 0 Å². The number of nitrogens with zero attached hydrogens (tertiary/aromatic N) is 2. The molecule has 0 aliphatic carbocycles. The molecule has 2 aliphatic heterocycles. The van der Waals surface area contributed by atoms with E-state index in [-0.39, 0.29) is 0 Å². The second kappa shape index (κ2) is 4.29. The lowest BCUT2D eigenvalue weighted by molar-refractivity contribution is -0.356. The minimum atomic E-state index is -3.82. The molecule has 0 saturated carbocycles. The van der Waals surface area contributed by atoms with Gasteiger partial charge in [0.2, 0.25) is 0 Å². The molecule has 110 valence electrons. The molecule has 0 N–H and O–H groups in total. The Morgan fingerprint density at radius 2 is 1.91 bits per heavy atom. The molecule has 2 aliphatic rings. The van der Waals surface area contributed by atoms with Crippen molar-refractivity contribution >= 4 is 18.8 Å². The van der Waals surface area contributed by atoms with Crippen LogP contribution in [-0.2, 0) is 0 Å². The predicted octanol–water partition coefficient (Wildman–Crippen LogP) is 3.75. The van der Waals surface area contributed by atoms with Crippen molar-refractivity contribution < 1.29 is 13.1 Å². The lowest BCUT2D eigenvalue weighted by Gasteiger charge is -2.31. The molecule has 0 unspecified atom stereocenters. The van der Waals surface area contributed by atoms with Gasteiger partial charge in [-0.2, -0.15) is 0 Å². The topological polar surface area (TPSA) is 7.94 Å². The van der Waals surface area contributed by atoms with Crippen LogP contribution in [0.1, 0.15) is 22.4 Å². The summed E-state index contributed by atoms with van der Waals surface area (Å²) < 4.78 is 31.5. The van der Waals surface area contributed by atoms with Gasteiger partial charge in [-0.3, -0.25) is 0 Å². The Balaban J connectivity index is 2.04. The number of hydrogen-bond donors (Lipinski definition) is 0. The molecule has 22 heavy (non-hydrogen) atoms. The number of fused-ring (bicyclic) bond motifs is 2. The van der Waals surface area contributed by atoms with Crippen LogP contribution in [0.2, 0.25) is 0 Å². The molecule has 0 fully saturated rings. The SMILES string of the molecule is Cc1ccc(C2=C3C=CC=[N+]3[B-](F)(F)n3cccc32)cc1C. The third kappa shape index (κ3) is 1.62. The molecule has 2 aromatic rings. The average molecular weight is 296 g/mol. The van der Waals surface area contributed by atoms with Gasteiger partial charge in [0, 0.05) is 17.8 Å². The van der Waals surface area contributed by atoms with Crippen molar-refractivity contribution in [3.8, 4) is 0 Å². The Morgan fingerprint density at radius 1 is 1.09 bits per heavy atom. The first-order valence-corrected chi connectivity index (χ1v) is 7.32. The predicted molar refractivity (Wildman–Crippen MR) is 85.2 cm³/mol. The summed E-state index contributed by atoms with van der Waals surface area (Å²) in [5, 5.41) is 0. The molecule has 1 aromatic heterocycles. The molecule has 0 bridgehead atoms. The largest absolute Gasteiger partial charge is 0.737 e. The molecule has 0 radical (unpaired) electrons. The number of benzene rings is 1. The summed E-state index contributed by atoms with van der Waals surface area (Å²) in [6, 6.07) is 9.55. The summed E-state index contributed by atoms with van der Waals surface area (Å²) in [5.74, 6) is 0. The molecular weight excluding hydrogens is 281 g/mol. The molecule has 0 spiro atoms. The smallest absolute Gasteiger partial charge is 0.396 e. The van der Waals surface area contributed by atoms with Gasteiger partial charge in [-0.05, 0) is 48.9 Å². The zero-order chi connectivity index (χ0) is 15.5. The van der Waals surface area contributed by atoms with Gasteiger partial charge in [-0.25, -0.2) is 0 Å². The van der Waals surface area contributed by atoms with Gasteiger partial charge < -0.3 is 17.6 Å². The minimum Gasteiger partial charge on any atom is -0.396 e. The van der Waals surface area contributed by atoms with E-state index in [0.717, 1.165) is 25.7 Å². The van der Waals surface area contributed by atoms with Gasteiger partial charge in [0.1, 0.15) is 6.21 Å². The highest BCUT2D eigenvalue weighted by atomic mass is 19.2. The maximum absolute atomic E-state index is 14.7. The van der Waals surface area contributed by atoms with Crippen LogP contribution in [0.4, 0.5) is 8.63 Å². The molecule has 0 amide bonds. The highest BCUT2D eigenvalue weighted by Gasteiger charge is 2.51. The summed E-state index contributed by atoms with van der Waals surface area (Å²) in [5.41, 5.74) is 5.31. The van der Waals surface area contributed by atoms with Crippen LogP contribution >= 0.6 is 0 Å². The van der Waals surface area contributed by atoms with Gasteiger partial charge in [0.15, 0.2) is 5.70 Å². The molecule has 4 rings (SSSR count). The number of aryl methyl sites for hydroxylation is 2. The minimum absolute atomic E-state index is 0.569. The number of aromatic nitrogens is 1. The van der Waals surface area contributed by atoms with Crippen molar-refractivity contribution in [3.63, 3.8) is 0 Å². The van der Waals surface area contributed by atoms with Crippen LogP contribution in [0.25, 0.3) is 5.57 Å². The monoisotopic (exact) mass is 296 g/mol. The van der Waals surface area contributed by atoms with Crippen molar-refractivity contribution in [2.75, 3.05) is 0 Å². The van der Waals surface area contributed by atoms with E-state index in [1.54, 1.807) is 24.3 Å². The van der Waals surface area contributed by atoms with E-state index < -0.39 is 6.97 Å². The summed E-state index contributed by atoms with van der Waals surface area (Å²) in [4.78, 5) is 0. The van der Waals surface area contributed by atoms with E-state index in [1.165, 1.54) is 18.0 Å². The Labute approximate surface area is 127 Å². The zero-order valence-electron chi connectivity index (χ0n) is 12.4. The molecule has 5 heteroatoms. The van der Waals surface area contributed by atoms with Crippen molar-refractivity contribution in [2.45, 2.75) is 13.8 Å². The Morgan fingerprint density at radius 3 is 2.68 bits per heavy atom. The summed E-state index contributed by atoms with van der Waals surface area (Å²) >= 11 is 0. The Kier molecular flexibility index (Phi) is 2.58. The zero-order valence-corrected chi connectivity index (χ0v) is 12.4. The van der Waals surface area contributed by atoms with Gasteiger partial charge in [-0.15, -0.1) is 0 Å². The molecule has 1 aromatic carbocycles. The normalized spacial score (nSPS) is 18.3. The maximum atomic E-state index is 14.7. The number of hydrogen-bond acceptors (Lipinski definition) is 0. The van der Waals surface area contributed by atoms with Crippen LogP contribution in [0.3, 0.4) is 0 Å². The fourth-order valence-electron chi connectivity index (χ4n) is 3.21. The lowest BCUT2D eigenvalue weighted by atomic mass is 9.86. The van der Waals surface area contributed by atoms with E-state index in [1.807, 2.05) is 26.0 Å². The van der Waals surface area contributed by atoms with E-state index in [0.29, 0.717) is 11.4 Å².